The van der Waals surface area contributed by atoms with Gasteiger partial charge >= 0.3 is 0 Å². The molecule has 0 aliphatic carbocycles. The zero-order chi connectivity index (χ0) is 8.10. The Labute approximate surface area is 68.9 Å². The summed E-state index contributed by atoms with van der Waals surface area (Å²) in [4.78, 5) is 0. The molecular formula is C7H10O3S. The predicted octanol–water partition coefficient (Wildman–Crippen LogP) is 0.480. The second-order valence-electron chi connectivity index (χ2n) is 2.11. The van der Waals surface area contributed by atoms with Crippen molar-refractivity contribution in [3.63, 3.8) is 0 Å². The van der Waals surface area contributed by atoms with Crippen LogP contribution >= 0.6 is 11.3 Å². The van der Waals surface area contributed by atoms with Gasteiger partial charge in [-0.1, -0.05) is 0 Å². The lowest BCUT2D eigenvalue weighted by Crippen LogP contribution is -2.21. The van der Waals surface area contributed by atoms with Gasteiger partial charge in [0.15, 0.2) is 0 Å². The first kappa shape index (κ1) is 8.52. The molecule has 0 radical (unpaired) electrons. The lowest BCUT2D eigenvalue weighted by molar-refractivity contribution is 0.0537. The average Bonchev–Trinajstić information content (AvgIpc) is 2.52. The summed E-state index contributed by atoms with van der Waals surface area (Å²) < 4.78 is 5.10. The van der Waals surface area contributed by atoms with Gasteiger partial charge < -0.3 is 14.9 Å². The minimum atomic E-state index is -0.783. The standard InChI is InChI=1S/C7H10O3S/c8-3-6(9)4-10-7-1-2-11-5-7/h1-2,5-6,8-9H,3-4H2/t6-/m0/s1. The molecule has 62 valence electrons. The zero-order valence-corrected chi connectivity index (χ0v) is 6.75. The van der Waals surface area contributed by atoms with Crippen molar-refractivity contribution in [3.05, 3.63) is 16.8 Å². The van der Waals surface area contributed by atoms with Crippen molar-refractivity contribution in [1.82, 2.24) is 0 Å². The Kier molecular flexibility index (Phi) is 3.35. The maximum Gasteiger partial charge on any atom is 0.130 e. The molecule has 1 heterocycles. The minimum absolute atomic E-state index is 0.146. The highest BCUT2D eigenvalue weighted by Crippen LogP contribution is 2.14. The predicted molar refractivity (Wildman–Crippen MR) is 42.9 cm³/mol. The van der Waals surface area contributed by atoms with E-state index in [0.717, 1.165) is 5.75 Å². The molecule has 1 rings (SSSR count). The van der Waals surface area contributed by atoms with Crippen LogP contribution in [0, 0.1) is 0 Å². The van der Waals surface area contributed by atoms with Crippen LogP contribution in [0.5, 0.6) is 5.75 Å². The molecule has 0 saturated heterocycles. The Bertz CT molecular complexity index is 186. The normalized spacial score (nSPS) is 12.9. The van der Waals surface area contributed by atoms with Crippen LogP contribution in [-0.2, 0) is 0 Å². The number of aliphatic hydroxyl groups excluding tert-OH is 2. The molecule has 4 heteroatoms. The summed E-state index contributed by atoms with van der Waals surface area (Å²) in [6, 6.07) is 1.81. The van der Waals surface area contributed by atoms with Crippen LogP contribution in [0.25, 0.3) is 0 Å². The first-order valence-corrected chi connectivity index (χ1v) is 4.21. The maximum atomic E-state index is 8.89. The molecule has 0 saturated carbocycles. The van der Waals surface area contributed by atoms with E-state index < -0.39 is 6.10 Å². The van der Waals surface area contributed by atoms with Crippen LogP contribution in [0.1, 0.15) is 0 Å². The van der Waals surface area contributed by atoms with Gasteiger partial charge in [0.1, 0.15) is 18.5 Å². The summed E-state index contributed by atoms with van der Waals surface area (Å²) in [7, 11) is 0. The summed E-state index contributed by atoms with van der Waals surface area (Å²) in [6.07, 6.45) is -0.783. The van der Waals surface area contributed by atoms with Crippen LogP contribution in [-0.4, -0.2) is 29.5 Å². The highest BCUT2D eigenvalue weighted by molar-refractivity contribution is 7.08. The number of thiophene rings is 1. The molecular weight excluding hydrogens is 164 g/mol. The highest BCUT2D eigenvalue weighted by Gasteiger charge is 2.02. The first-order valence-electron chi connectivity index (χ1n) is 3.27. The molecule has 3 nitrogen and oxygen atoms in total. The SMILES string of the molecule is OC[C@H](O)COc1ccsc1. The van der Waals surface area contributed by atoms with E-state index in [2.05, 4.69) is 0 Å². The summed E-state index contributed by atoms with van der Waals surface area (Å²) in [6.45, 7) is -0.114. The molecule has 2 N–H and O–H groups in total. The topological polar surface area (TPSA) is 49.7 Å². The molecule has 0 aliphatic rings. The van der Waals surface area contributed by atoms with Crippen LogP contribution in [0.3, 0.4) is 0 Å². The smallest absolute Gasteiger partial charge is 0.130 e. The summed E-state index contributed by atoms with van der Waals surface area (Å²) in [5.41, 5.74) is 0. The van der Waals surface area contributed by atoms with Crippen molar-refractivity contribution in [2.45, 2.75) is 6.10 Å². The van der Waals surface area contributed by atoms with Crippen molar-refractivity contribution in [3.8, 4) is 5.75 Å². The maximum absolute atomic E-state index is 8.89. The number of rotatable bonds is 4. The fourth-order valence-electron chi connectivity index (χ4n) is 0.579. The third-order valence-corrected chi connectivity index (χ3v) is 1.81. The zero-order valence-electron chi connectivity index (χ0n) is 5.93. The van der Waals surface area contributed by atoms with E-state index in [9.17, 15) is 0 Å². The molecule has 11 heavy (non-hydrogen) atoms. The average molecular weight is 174 g/mol. The van der Waals surface area contributed by atoms with Gasteiger partial charge in [0.25, 0.3) is 0 Å². The lowest BCUT2D eigenvalue weighted by atomic mass is 10.4. The highest BCUT2D eigenvalue weighted by atomic mass is 32.1. The Morgan fingerprint density at radius 2 is 2.45 bits per heavy atom. The molecule has 1 aromatic heterocycles. The third-order valence-electron chi connectivity index (χ3n) is 1.15. The first-order chi connectivity index (χ1) is 5.33. The molecule has 1 aromatic rings. The fourth-order valence-corrected chi connectivity index (χ4v) is 1.15. The van der Waals surface area contributed by atoms with Gasteiger partial charge in [0, 0.05) is 5.38 Å². The van der Waals surface area contributed by atoms with Gasteiger partial charge in [-0.3, -0.25) is 0 Å². The molecule has 1 atom stereocenters. The van der Waals surface area contributed by atoms with Crippen molar-refractivity contribution in [2.75, 3.05) is 13.2 Å². The minimum Gasteiger partial charge on any atom is -0.490 e. The molecule has 0 bridgehead atoms. The molecule has 0 fully saturated rings. The second kappa shape index (κ2) is 4.33. The second-order valence-corrected chi connectivity index (χ2v) is 2.89. The molecule has 0 spiro atoms. The summed E-state index contributed by atoms with van der Waals surface area (Å²) >= 11 is 1.53. The van der Waals surface area contributed by atoms with Crippen molar-refractivity contribution in [1.29, 1.82) is 0 Å². The van der Waals surface area contributed by atoms with Crippen molar-refractivity contribution in [2.24, 2.45) is 0 Å². The number of hydrogen-bond acceptors (Lipinski definition) is 4. The van der Waals surface area contributed by atoms with Crippen molar-refractivity contribution >= 4 is 11.3 Å². The van der Waals surface area contributed by atoms with Crippen molar-refractivity contribution < 1.29 is 14.9 Å². The third kappa shape index (κ3) is 2.88. The van der Waals surface area contributed by atoms with E-state index in [4.69, 9.17) is 14.9 Å². The molecule has 0 amide bonds. The van der Waals surface area contributed by atoms with Gasteiger partial charge in [-0.15, -0.1) is 11.3 Å². The van der Waals surface area contributed by atoms with E-state index in [1.807, 2.05) is 16.8 Å². The lowest BCUT2D eigenvalue weighted by Gasteiger charge is -2.07. The van der Waals surface area contributed by atoms with E-state index in [0.29, 0.717) is 0 Å². The van der Waals surface area contributed by atoms with E-state index in [1.165, 1.54) is 11.3 Å². The summed E-state index contributed by atoms with van der Waals surface area (Å²) in [5, 5.41) is 21.0. The monoisotopic (exact) mass is 174 g/mol. The quantitative estimate of drug-likeness (QED) is 0.698. The van der Waals surface area contributed by atoms with Gasteiger partial charge in [-0.25, -0.2) is 0 Å². The number of aliphatic hydroxyl groups is 2. The van der Waals surface area contributed by atoms with Crippen LogP contribution in [0.15, 0.2) is 16.8 Å². The molecule has 0 aromatic carbocycles. The van der Waals surface area contributed by atoms with Crippen LogP contribution in [0.4, 0.5) is 0 Å². The largest absolute Gasteiger partial charge is 0.490 e. The van der Waals surface area contributed by atoms with Gasteiger partial charge in [-0.05, 0) is 11.4 Å². The number of ether oxygens (including phenoxy) is 1. The van der Waals surface area contributed by atoms with Gasteiger partial charge in [0.2, 0.25) is 0 Å². The van der Waals surface area contributed by atoms with Gasteiger partial charge in [-0.2, -0.15) is 0 Å². The Hall–Kier alpha value is -0.580. The number of hydrogen-bond donors (Lipinski definition) is 2. The van der Waals surface area contributed by atoms with E-state index in [1.54, 1.807) is 0 Å². The van der Waals surface area contributed by atoms with Crippen LogP contribution in [0.2, 0.25) is 0 Å². The molecule has 0 aliphatic heterocycles. The summed E-state index contributed by atoms with van der Waals surface area (Å²) in [5.74, 6) is 0.738. The van der Waals surface area contributed by atoms with E-state index in [-0.39, 0.29) is 13.2 Å². The van der Waals surface area contributed by atoms with Gasteiger partial charge in [0.05, 0.1) is 6.61 Å². The molecule has 0 unspecified atom stereocenters. The Morgan fingerprint density at radius 1 is 1.64 bits per heavy atom. The van der Waals surface area contributed by atoms with E-state index >= 15 is 0 Å². The Balaban J connectivity index is 2.23. The fraction of sp³-hybridized carbons (Fsp3) is 0.429. The Morgan fingerprint density at radius 3 is 3.00 bits per heavy atom. The van der Waals surface area contributed by atoms with Crippen LogP contribution < -0.4 is 4.74 Å².